The lowest BCUT2D eigenvalue weighted by molar-refractivity contribution is 0.102. The highest BCUT2D eigenvalue weighted by Crippen LogP contribution is 2.15. The van der Waals surface area contributed by atoms with Crippen molar-refractivity contribution in [2.45, 2.75) is 6.92 Å². The Bertz CT molecular complexity index is 636. The van der Waals surface area contributed by atoms with Crippen molar-refractivity contribution in [3.63, 3.8) is 0 Å². The average Bonchev–Trinajstić information content (AvgIpc) is 2.57. The normalized spacial score (nSPS) is 14.7. The molecule has 114 valence electrons. The summed E-state index contributed by atoms with van der Waals surface area (Å²) >= 11 is 0. The maximum absolute atomic E-state index is 12.0. The van der Waals surface area contributed by atoms with Crippen LogP contribution in [0.2, 0.25) is 0 Å². The molecule has 0 aromatic carbocycles. The van der Waals surface area contributed by atoms with Crippen molar-refractivity contribution >= 4 is 17.4 Å². The van der Waals surface area contributed by atoms with Gasteiger partial charge in [0.25, 0.3) is 5.91 Å². The predicted octanol–water partition coefficient (Wildman–Crippen LogP) is 1.27. The van der Waals surface area contributed by atoms with E-state index in [0.717, 1.165) is 24.6 Å². The van der Waals surface area contributed by atoms with Crippen LogP contribution in [0.3, 0.4) is 0 Å². The highest BCUT2D eigenvalue weighted by atomic mass is 16.5. The number of nitrogens with one attached hydrogen (secondary N) is 1. The Morgan fingerprint density at radius 3 is 2.59 bits per heavy atom. The van der Waals surface area contributed by atoms with E-state index in [0.29, 0.717) is 18.9 Å². The van der Waals surface area contributed by atoms with Gasteiger partial charge in [0.1, 0.15) is 11.5 Å². The molecule has 0 unspecified atom stereocenters. The number of amides is 1. The van der Waals surface area contributed by atoms with Gasteiger partial charge in [0.15, 0.2) is 0 Å². The fourth-order valence-corrected chi connectivity index (χ4v) is 2.14. The van der Waals surface area contributed by atoms with Crippen LogP contribution in [0.1, 0.15) is 16.2 Å². The highest BCUT2D eigenvalue weighted by molar-refractivity contribution is 6.02. The molecule has 0 aliphatic carbocycles. The summed E-state index contributed by atoms with van der Waals surface area (Å²) in [4.78, 5) is 26.7. The van der Waals surface area contributed by atoms with E-state index in [2.05, 4.69) is 25.2 Å². The van der Waals surface area contributed by atoms with Crippen molar-refractivity contribution in [3.05, 3.63) is 42.1 Å². The number of morpholine rings is 1. The largest absolute Gasteiger partial charge is 0.378 e. The Hall–Kier alpha value is -2.54. The van der Waals surface area contributed by atoms with E-state index in [-0.39, 0.29) is 11.6 Å². The van der Waals surface area contributed by atoms with Gasteiger partial charge in [0.05, 0.1) is 37.0 Å². The van der Waals surface area contributed by atoms with E-state index in [9.17, 15) is 4.79 Å². The molecule has 2 aromatic rings. The number of aryl methyl sites for hydroxylation is 1. The van der Waals surface area contributed by atoms with Gasteiger partial charge < -0.3 is 15.0 Å². The molecule has 1 N–H and O–H groups in total. The number of nitrogens with zero attached hydrogens (tertiary/aromatic N) is 4. The molecular formula is C15H17N5O2. The van der Waals surface area contributed by atoms with Crippen LogP contribution < -0.4 is 10.2 Å². The first-order chi connectivity index (χ1) is 10.7. The summed E-state index contributed by atoms with van der Waals surface area (Å²) in [7, 11) is 0. The molecule has 0 bridgehead atoms. The van der Waals surface area contributed by atoms with Gasteiger partial charge in [0, 0.05) is 19.3 Å². The van der Waals surface area contributed by atoms with Gasteiger partial charge >= 0.3 is 0 Å². The van der Waals surface area contributed by atoms with Crippen LogP contribution in [-0.4, -0.2) is 47.2 Å². The summed E-state index contributed by atoms with van der Waals surface area (Å²) in [5.41, 5.74) is 1.68. The Morgan fingerprint density at radius 1 is 1.14 bits per heavy atom. The molecular weight excluding hydrogens is 282 g/mol. The van der Waals surface area contributed by atoms with E-state index in [1.165, 1.54) is 6.20 Å². The number of anilines is 2. The molecule has 7 heteroatoms. The van der Waals surface area contributed by atoms with Crippen LogP contribution >= 0.6 is 0 Å². The molecule has 0 atom stereocenters. The van der Waals surface area contributed by atoms with E-state index >= 15 is 0 Å². The zero-order valence-corrected chi connectivity index (χ0v) is 12.3. The third-order valence-electron chi connectivity index (χ3n) is 3.35. The summed E-state index contributed by atoms with van der Waals surface area (Å²) in [5.74, 6) is 0.588. The molecule has 7 nitrogen and oxygen atoms in total. The van der Waals surface area contributed by atoms with Crippen molar-refractivity contribution in [1.29, 1.82) is 0 Å². The maximum atomic E-state index is 12.0. The summed E-state index contributed by atoms with van der Waals surface area (Å²) in [6, 6.07) is 3.72. The maximum Gasteiger partial charge on any atom is 0.275 e. The van der Waals surface area contributed by atoms with Crippen molar-refractivity contribution in [2.24, 2.45) is 0 Å². The molecule has 1 saturated heterocycles. The van der Waals surface area contributed by atoms with Crippen LogP contribution in [0.25, 0.3) is 0 Å². The minimum Gasteiger partial charge on any atom is -0.378 e. The quantitative estimate of drug-likeness (QED) is 0.919. The minimum atomic E-state index is -0.298. The second-order valence-electron chi connectivity index (χ2n) is 5.00. The molecule has 0 saturated carbocycles. The Morgan fingerprint density at radius 2 is 1.95 bits per heavy atom. The van der Waals surface area contributed by atoms with Crippen LogP contribution in [0.5, 0.6) is 0 Å². The van der Waals surface area contributed by atoms with Crippen molar-refractivity contribution in [3.8, 4) is 0 Å². The van der Waals surface area contributed by atoms with E-state index in [4.69, 9.17) is 4.74 Å². The van der Waals surface area contributed by atoms with Gasteiger partial charge in [0.2, 0.25) is 0 Å². The molecule has 3 heterocycles. The Kier molecular flexibility index (Phi) is 4.24. The molecule has 0 spiro atoms. The molecule has 1 fully saturated rings. The number of ether oxygens (including phenoxy) is 1. The number of rotatable bonds is 3. The van der Waals surface area contributed by atoms with Gasteiger partial charge in [-0.25, -0.2) is 9.97 Å². The number of aromatic nitrogens is 3. The van der Waals surface area contributed by atoms with Crippen molar-refractivity contribution in [1.82, 2.24) is 15.0 Å². The average molecular weight is 299 g/mol. The van der Waals surface area contributed by atoms with Crippen LogP contribution in [0.4, 0.5) is 11.5 Å². The van der Waals surface area contributed by atoms with Gasteiger partial charge in [-0.2, -0.15) is 0 Å². The third-order valence-corrected chi connectivity index (χ3v) is 3.35. The number of pyridine rings is 1. The Balaban J connectivity index is 1.65. The number of carbonyl (C=O) groups is 1. The fraction of sp³-hybridized carbons (Fsp3) is 0.333. The number of hydrogen-bond donors (Lipinski definition) is 1. The number of hydrogen-bond acceptors (Lipinski definition) is 6. The molecule has 1 aliphatic rings. The predicted molar refractivity (Wildman–Crippen MR) is 82.0 cm³/mol. The van der Waals surface area contributed by atoms with Crippen LogP contribution in [0.15, 0.2) is 30.7 Å². The van der Waals surface area contributed by atoms with E-state index in [1.54, 1.807) is 12.4 Å². The standard InChI is InChI=1S/C15H17N5O2/c1-11-8-17-13(10-16-11)15(21)19-12-2-3-14(18-9-12)20-4-6-22-7-5-20/h2-3,8-10H,4-7H2,1H3,(H,19,21). The van der Waals surface area contributed by atoms with Gasteiger partial charge in [-0.15, -0.1) is 0 Å². The van der Waals surface area contributed by atoms with E-state index in [1.807, 2.05) is 19.1 Å². The lowest BCUT2D eigenvalue weighted by atomic mass is 10.3. The molecule has 1 aliphatic heterocycles. The smallest absolute Gasteiger partial charge is 0.275 e. The fourth-order valence-electron chi connectivity index (χ4n) is 2.14. The van der Waals surface area contributed by atoms with Crippen molar-refractivity contribution < 1.29 is 9.53 Å². The lowest BCUT2D eigenvalue weighted by Gasteiger charge is -2.27. The van der Waals surface area contributed by atoms with Crippen LogP contribution in [0, 0.1) is 6.92 Å². The first-order valence-corrected chi connectivity index (χ1v) is 7.11. The number of carbonyl (C=O) groups excluding carboxylic acids is 1. The molecule has 3 rings (SSSR count). The van der Waals surface area contributed by atoms with Gasteiger partial charge in [-0.3, -0.25) is 9.78 Å². The molecule has 22 heavy (non-hydrogen) atoms. The monoisotopic (exact) mass is 299 g/mol. The second kappa shape index (κ2) is 6.48. The first-order valence-electron chi connectivity index (χ1n) is 7.11. The SMILES string of the molecule is Cc1cnc(C(=O)Nc2ccc(N3CCOCC3)nc2)cn1. The molecule has 1 amide bonds. The second-order valence-corrected chi connectivity index (χ2v) is 5.00. The first kappa shape index (κ1) is 14.4. The van der Waals surface area contributed by atoms with Crippen LogP contribution in [-0.2, 0) is 4.74 Å². The zero-order chi connectivity index (χ0) is 15.4. The van der Waals surface area contributed by atoms with Gasteiger partial charge in [-0.1, -0.05) is 0 Å². The summed E-state index contributed by atoms with van der Waals surface area (Å²) in [5, 5.41) is 2.76. The topological polar surface area (TPSA) is 80.2 Å². The van der Waals surface area contributed by atoms with Crippen molar-refractivity contribution in [2.75, 3.05) is 36.5 Å². The molecule has 2 aromatic heterocycles. The summed E-state index contributed by atoms with van der Waals surface area (Å²) in [6.45, 7) is 4.91. The lowest BCUT2D eigenvalue weighted by Crippen LogP contribution is -2.36. The van der Waals surface area contributed by atoms with E-state index < -0.39 is 0 Å². The highest BCUT2D eigenvalue weighted by Gasteiger charge is 2.13. The Labute approximate surface area is 128 Å². The van der Waals surface area contributed by atoms with Gasteiger partial charge in [-0.05, 0) is 19.1 Å². The summed E-state index contributed by atoms with van der Waals surface area (Å²) < 4.78 is 5.32. The zero-order valence-electron chi connectivity index (χ0n) is 12.3. The summed E-state index contributed by atoms with van der Waals surface area (Å²) in [6.07, 6.45) is 4.67. The third kappa shape index (κ3) is 3.37. The molecule has 0 radical (unpaired) electrons. The minimum absolute atomic E-state index is 0.280.